The van der Waals surface area contributed by atoms with Crippen molar-refractivity contribution in [2.45, 2.75) is 130 Å². The Labute approximate surface area is 381 Å². The molecule has 8 heterocycles. The van der Waals surface area contributed by atoms with E-state index in [1.165, 1.54) is 12.1 Å². The second-order valence-electron chi connectivity index (χ2n) is 17.9. The van der Waals surface area contributed by atoms with E-state index in [1.54, 1.807) is 13.8 Å². The predicted molar refractivity (Wildman–Crippen MR) is 243 cm³/mol. The molecule has 2 aromatic carbocycles. The van der Waals surface area contributed by atoms with Gasteiger partial charge in [0.1, 0.15) is 34.3 Å². The number of benzene rings is 2. The van der Waals surface area contributed by atoms with E-state index < -0.39 is 25.3 Å². The van der Waals surface area contributed by atoms with Gasteiger partial charge in [0.25, 0.3) is 11.8 Å². The summed E-state index contributed by atoms with van der Waals surface area (Å²) < 4.78 is 99.0. The van der Waals surface area contributed by atoms with Crippen LogP contribution in [-0.2, 0) is 9.47 Å². The van der Waals surface area contributed by atoms with Gasteiger partial charge in [0.2, 0.25) is 0 Å². The lowest BCUT2D eigenvalue weighted by Crippen LogP contribution is -2.50. The third kappa shape index (κ3) is 8.93. The molecule has 0 saturated carbocycles. The van der Waals surface area contributed by atoms with Crippen molar-refractivity contribution in [1.29, 1.82) is 0 Å². The number of hydrogen-bond acceptors (Lipinski definition) is 14. The number of ether oxygens (including phenoxy) is 2. The van der Waals surface area contributed by atoms with Gasteiger partial charge in [0.05, 0.1) is 24.3 Å². The number of nitrogens with zero attached hydrogens (tertiary/aromatic N) is 8. The Morgan fingerprint density at radius 1 is 0.609 bits per heavy atom. The Hall–Kier alpha value is -5.16. The van der Waals surface area contributed by atoms with Gasteiger partial charge in [0, 0.05) is 81.6 Å². The summed E-state index contributed by atoms with van der Waals surface area (Å²) in [5, 5.41) is 16.2. The van der Waals surface area contributed by atoms with Crippen LogP contribution in [0.2, 0.25) is 0 Å². The molecule has 340 valence electrons. The Kier molecular flexibility index (Phi) is 10.7. The molecule has 6 aromatic rings. The lowest BCUT2D eigenvalue weighted by Gasteiger charge is -2.40. The summed E-state index contributed by atoms with van der Waals surface area (Å²) in [6, 6.07) is 6.86. The fourth-order valence-corrected chi connectivity index (χ4v) is 9.93. The zero-order valence-corrected chi connectivity index (χ0v) is 37.2. The summed E-state index contributed by atoms with van der Waals surface area (Å²) in [5.41, 5.74) is 2.70. The van der Waals surface area contributed by atoms with Gasteiger partial charge in [-0.3, -0.25) is 0 Å². The van der Waals surface area contributed by atoms with Crippen LogP contribution in [0.5, 0.6) is 0 Å². The van der Waals surface area contributed by atoms with Crippen LogP contribution >= 0.6 is 0 Å². The number of halogens is 2. The predicted octanol–water partition coefficient (Wildman–Crippen LogP) is 8.17. The molecule has 0 amide bonds. The number of rotatable bonds is 8. The quantitative estimate of drug-likeness (QED) is 0.151. The molecule has 4 aliphatic rings. The van der Waals surface area contributed by atoms with Gasteiger partial charge in [-0.05, 0) is 140 Å². The average Bonchev–Trinajstić information content (AvgIpc) is 4.15. The van der Waals surface area contributed by atoms with Crippen molar-refractivity contribution in [3.05, 3.63) is 69.8 Å². The number of hydrogen-bond donors (Lipinski definition) is 2. The number of aryl methyl sites for hydroxylation is 6. The molecule has 0 bridgehead atoms. The lowest BCUT2D eigenvalue weighted by molar-refractivity contribution is 0.185. The average molecular weight is 885 g/mol. The maximum Gasteiger partial charge on any atom is 0.261 e. The van der Waals surface area contributed by atoms with Crippen LogP contribution in [0.25, 0.3) is 44.7 Å². The van der Waals surface area contributed by atoms with Crippen molar-refractivity contribution in [2.24, 2.45) is 0 Å². The van der Waals surface area contributed by atoms with Crippen molar-refractivity contribution in [3.8, 4) is 22.9 Å². The fraction of sp³-hybridized carbons (Fsp3) is 0.542. The molecule has 0 aliphatic carbocycles. The van der Waals surface area contributed by atoms with E-state index in [9.17, 15) is 0 Å². The second-order valence-corrected chi connectivity index (χ2v) is 17.9. The first-order valence-electron chi connectivity index (χ1n) is 25.3. The number of anilines is 2. The van der Waals surface area contributed by atoms with Crippen LogP contribution in [0, 0.1) is 53.0 Å². The van der Waals surface area contributed by atoms with E-state index in [-0.39, 0.29) is 34.2 Å². The minimum Gasteiger partial charge on any atom is -0.380 e. The minimum absolute atomic E-state index is 0.0658. The van der Waals surface area contributed by atoms with Crippen molar-refractivity contribution in [1.82, 2.24) is 40.9 Å². The molecule has 14 nitrogen and oxygen atoms in total. The molecule has 4 aromatic heterocycles. The van der Waals surface area contributed by atoms with Crippen molar-refractivity contribution < 1.29 is 35.5 Å². The molecule has 4 saturated heterocycles. The van der Waals surface area contributed by atoms with E-state index in [2.05, 4.69) is 54.6 Å². The molecular weight excluding hydrogens is 819 g/mol. The highest BCUT2D eigenvalue weighted by molar-refractivity contribution is 5.94. The van der Waals surface area contributed by atoms with Crippen molar-refractivity contribution >= 4 is 33.4 Å². The maximum atomic E-state index is 15.2. The molecule has 4 aliphatic heterocycles. The first kappa shape index (κ1) is 37.1. The Balaban J connectivity index is 0.000000174. The summed E-state index contributed by atoms with van der Waals surface area (Å²) >= 11 is 0. The van der Waals surface area contributed by atoms with E-state index in [1.807, 2.05) is 13.8 Å². The van der Waals surface area contributed by atoms with Crippen molar-refractivity contribution in [3.63, 3.8) is 0 Å². The molecule has 6 atom stereocenters. The first-order valence-corrected chi connectivity index (χ1v) is 22.3. The summed E-state index contributed by atoms with van der Waals surface area (Å²) in [4.78, 5) is 22.7. The van der Waals surface area contributed by atoms with Gasteiger partial charge in [-0.25, -0.2) is 18.7 Å². The molecule has 0 spiro atoms. The maximum absolute atomic E-state index is 15.2. The molecular formula is C48H60F2N10O4. The van der Waals surface area contributed by atoms with Crippen LogP contribution < -0.4 is 20.4 Å². The zero-order valence-electron chi connectivity index (χ0n) is 43.2. The van der Waals surface area contributed by atoms with Crippen LogP contribution in [-0.4, -0.2) is 106 Å². The van der Waals surface area contributed by atoms with Crippen LogP contribution in [0.4, 0.5) is 20.4 Å². The number of nitrogens with one attached hydrogen (secondary N) is 2. The largest absolute Gasteiger partial charge is 0.380 e. The summed E-state index contributed by atoms with van der Waals surface area (Å²) in [6.45, 7) is 11.1. The number of piperidine rings is 2. The van der Waals surface area contributed by atoms with Gasteiger partial charge < -0.3 is 39.0 Å². The highest BCUT2D eigenvalue weighted by Crippen LogP contribution is 2.41. The number of pyridine rings is 2. The summed E-state index contributed by atoms with van der Waals surface area (Å²) in [5.74, 6) is 1.38. The molecule has 4 fully saturated rings. The topological polar surface area (TPSA) is 153 Å². The molecule has 0 unspecified atom stereocenters. The molecule has 2 N–H and O–H groups in total. The fourth-order valence-electron chi connectivity index (χ4n) is 9.93. The SMILES string of the molecule is [2H]C([2H])([2H])c1cc(F)c2nc(N3CC[C@@H](N[C@@H]4CCOC4)C[C@H]3C)c(-c3nc(C)no3)c(C)c2c1.[2H]C([2H])([2H])c1cc(F)c2nc(N3CC[C@@H](N[C@H]4CCOC4)C[C@H]3C)c(-c3nc(C)no3)c(C)c2c1. The molecule has 64 heavy (non-hydrogen) atoms. The molecule has 10 rings (SSSR count). The zero-order chi connectivity index (χ0) is 49.8. The third-order valence-electron chi connectivity index (χ3n) is 13.1. The standard InChI is InChI=1S/2C24H30FN5O2/c2*1-13-9-19-15(3)21(24-26-16(4)29-32-24)23(28-22(19)20(25)10-13)30-7-5-17(11-14(30)2)27-18-6-8-31-12-18/h2*9-10,14,17-18,27H,5-8,11-12H2,1-4H3/t14-,17-,18+;14-,17-,18-/m11/s1/i2*1D3. The molecule has 0 radical (unpaired) electrons. The van der Waals surface area contributed by atoms with Gasteiger partial charge in [-0.15, -0.1) is 0 Å². The van der Waals surface area contributed by atoms with Crippen LogP contribution in [0.3, 0.4) is 0 Å². The smallest absolute Gasteiger partial charge is 0.261 e. The summed E-state index contributed by atoms with van der Waals surface area (Å²) in [7, 11) is 0. The lowest BCUT2D eigenvalue weighted by atomic mass is 9.95. The molecule has 16 heteroatoms. The second kappa shape index (κ2) is 18.4. The van der Waals surface area contributed by atoms with Gasteiger partial charge in [-0.2, -0.15) is 9.97 Å². The van der Waals surface area contributed by atoms with Crippen LogP contribution in [0.1, 0.15) is 94.5 Å². The summed E-state index contributed by atoms with van der Waals surface area (Å²) in [6.07, 6.45) is 5.66. The number of fused-ring (bicyclic) bond motifs is 2. The Bertz CT molecular complexity index is 2680. The number of aromatic nitrogens is 6. The van der Waals surface area contributed by atoms with Crippen LogP contribution in [0.15, 0.2) is 33.3 Å². The monoisotopic (exact) mass is 885 g/mol. The van der Waals surface area contributed by atoms with E-state index in [0.29, 0.717) is 92.3 Å². The Morgan fingerprint density at radius 3 is 1.39 bits per heavy atom. The van der Waals surface area contributed by atoms with Gasteiger partial charge in [0.15, 0.2) is 11.6 Å². The van der Waals surface area contributed by atoms with Crippen molar-refractivity contribution in [2.75, 3.05) is 49.3 Å². The van der Waals surface area contributed by atoms with Gasteiger partial charge >= 0.3 is 0 Å². The van der Waals surface area contributed by atoms with E-state index in [0.717, 1.165) is 90.2 Å². The minimum atomic E-state index is -2.44. The Morgan fingerprint density at radius 2 is 1.05 bits per heavy atom. The highest BCUT2D eigenvalue weighted by Gasteiger charge is 2.34. The van der Waals surface area contributed by atoms with Gasteiger partial charge in [-0.1, -0.05) is 10.3 Å². The van der Waals surface area contributed by atoms with E-state index >= 15 is 8.78 Å². The third-order valence-corrected chi connectivity index (χ3v) is 13.1. The first-order chi connectivity index (χ1) is 33.2. The normalized spacial score (nSPS) is 25.7. The highest BCUT2D eigenvalue weighted by atomic mass is 19.1. The van der Waals surface area contributed by atoms with E-state index in [4.69, 9.17) is 36.7 Å².